The van der Waals surface area contributed by atoms with Gasteiger partial charge in [0.1, 0.15) is 0 Å². The number of hydrogen-bond acceptors (Lipinski definition) is 3. The van der Waals surface area contributed by atoms with Gasteiger partial charge in [0.25, 0.3) is 0 Å². The first-order valence-corrected chi connectivity index (χ1v) is 6.09. The molecule has 0 saturated carbocycles. The molecule has 0 aliphatic rings. The monoisotopic (exact) mass is 218 g/mol. The summed E-state index contributed by atoms with van der Waals surface area (Å²) in [5, 5.41) is 18.9. The summed E-state index contributed by atoms with van der Waals surface area (Å²) < 4.78 is 5.24. The molecule has 0 aromatic heterocycles. The number of ether oxygens (including phenoxy) is 1. The summed E-state index contributed by atoms with van der Waals surface area (Å²) in [6.45, 7) is 4.94. The van der Waals surface area contributed by atoms with Gasteiger partial charge in [0, 0.05) is 0 Å². The van der Waals surface area contributed by atoms with Crippen LogP contribution in [-0.4, -0.2) is 35.6 Å². The minimum absolute atomic E-state index is 0.0254. The van der Waals surface area contributed by atoms with Crippen molar-refractivity contribution >= 4 is 0 Å². The van der Waals surface area contributed by atoms with Crippen molar-refractivity contribution in [3.05, 3.63) is 0 Å². The van der Waals surface area contributed by atoms with Gasteiger partial charge in [-0.1, -0.05) is 39.5 Å². The normalized spacial score (nSPS) is 12.0. The first kappa shape index (κ1) is 14.9. The third-order valence-electron chi connectivity index (χ3n) is 2.60. The molecule has 0 aliphatic heterocycles. The zero-order valence-electron chi connectivity index (χ0n) is 10.2. The molecule has 0 saturated heterocycles. The van der Waals surface area contributed by atoms with Crippen LogP contribution in [0.1, 0.15) is 52.4 Å². The molecule has 0 heterocycles. The summed E-state index contributed by atoms with van der Waals surface area (Å²) in [5.41, 5.74) is -0.679. The van der Waals surface area contributed by atoms with E-state index in [1.807, 2.05) is 0 Å². The summed E-state index contributed by atoms with van der Waals surface area (Å²) >= 11 is 0. The topological polar surface area (TPSA) is 49.7 Å². The molecule has 0 unspecified atom stereocenters. The molecule has 2 N–H and O–H groups in total. The van der Waals surface area contributed by atoms with E-state index in [4.69, 9.17) is 9.84 Å². The zero-order valence-corrected chi connectivity index (χ0v) is 10.2. The standard InChI is InChI=1S/C12H26O3/c1-3-5-7-12(14,8-6-4-2)11-15-10-9-13/h13-14H,3-11H2,1-2H3. The van der Waals surface area contributed by atoms with Crippen molar-refractivity contribution in [3.8, 4) is 0 Å². The van der Waals surface area contributed by atoms with Crippen LogP contribution in [0.25, 0.3) is 0 Å². The number of hydrogen-bond donors (Lipinski definition) is 2. The lowest BCUT2D eigenvalue weighted by Gasteiger charge is -2.27. The van der Waals surface area contributed by atoms with E-state index in [0.717, 1.165) is 38.5 Å². The highest BCUT2D eigenvalue weighted by molar-refractivity contribution is 4.77. The van der Waals surface area contributed by atoms with Gasteiger partial charge in [-0.25, -0.2) is 0 Å². The molecule has 0 aliphatic carbocycles. The average molecular weight is 218 g/mol. The highest BCUT2D eigenvalue weighted by Gasteiger charge is 2.25. The maximum Gasteiger partial charge on any atom is 0.0880 e. The zero-order chi connectivity index (χ0) is 11.6. The van der Waals surface area contributed by atoms with Gasteiger partial charge >= 0.3 is 0 Å². The molecule has 0 rings (SSSR count). The Morgan fingerprint density at radius 3 is 2.00 bits per heavy atom. The van der Waals surface area contributed by atoms with Gasteiger partial charge in [-0.3, -0.25) is 0 Å². The van der Waals surface area contributed by atoms with Crippen LogP contribution in [0, 0.1) is 0 Å². The molecule has 0 spiro atoms. The van der Waals surface area contributed by atoms with E-state index in [9.17, 15) is 5.11 Å². The molecule has 0 amide bonds. The van der Waals surface area contributed by atoms with E-state index in [1.165, 1.54) is 0 Å². The van der Waals surface area contributed by atoms with Gasteiger partial charge in [-0.05, 0) is 12.8 Å². The summed E-state index contributed by atoms with van der Waals surface area (Å²) in [6, 6.07) is 0. The van der Waals surface area contributed by atoms with Crippen LogP contribution in [0.4, 0.5) is 0 Å². The maximum atomic E-state index is 10.3. The Morgan fingerprint density at radius 2 is 1.60 bits per heavy atom. The van der Waals surface area contributed by atoms with Crippen LogP contribution >= 0.6 is 0 Å². The second-order valence-electron chi connectivity index (χ2n) is 4.21. The quantitative estimate of drug-likeness (QED) is 0.552. The molecule has 0 fully saturated rings. The highest BCUT2D eigenvalue weighted by atomic mass is 16.5. The Morgan fingerprint density at radius 1 is 1.07 bits per heavy atom. The average Bonchev–Trinajstić information content (AvgIpc) is 2.24. The van der Waals surface area contributed by atoms with Crippen molar-refractivity contribution < 1.29 is 14.9 Å². The number of rotatable bonds is 10. The first-order valence-electron chi connectivity index (χ1n) is 6.09. The minimum Gasteiger partial charge on any atom is -0.394 e. The van der Waals surface area contributed by atoms with Gasteiger partial charge < -0.3 is 14.9 Å². The summed E-state index contributed by atoms with van der Waals surface area (Å²) in [6.07, 6.45) is 5.85. The van der Waals surface area contributed by atoms with Crippen molar-refractivity contribution in [3.63, 3.8) is 0 Å². The molecular formula is C12H26O3. The maximum absolute atomic E-state index is 10.3. The molecule has 0 atom stereocenters. The lowest BCUT2D eigenvalue weighted by Crippen LogP contribution is -2.35. The van der Waals surface area contributed by atoms with Gasteiger partial charge in [-0.15, -0.1) is 0 Å². The van der Waals surface area contributed by atoms with Crippen LogP contribution in [-0.2, 0) is 4.74 Å². The minimum atomic E-state index is -0.679. The van der Waals surface area contributed by atoms with E-state index in [2.05, 4.69) is 13.8 Å². The van der Waals surface area contributed by atoms with Crippen LogP contribution in [0.15, 0.2) is 0 Å². The third kappa shape index (κ3) is 7.77. The number of aliphatic hydroxyl groups is 2. The van der Waals surface area contributed by atoms with Gasteiger partial charge in [-0.2, -0.15) is 0 Å². The molecule has 0 bridgehead atoms. The largest absolute Gasteiger partial charge is 0.394 e. The fourth-order valence-electron chi connectivity index (χ4n) is 1.61. The van der Waals surface area contributed by atoms with Crippen molar-refractivity contribution in [1.29, 1.82) is 0 Å². The second-order valence-corrected chi connectivity index (χ2v) is 4.21. The fourth-order valence-corrected chi connectivity index (χ4v) is 1.61. The van der Waals surface area contributed by atoms with Crippen LogP contribution < -0.4 is 0 Å². The van der Waals surface area contributed by atoms with E-state index in [1.54, 1.807) is 0 Å². The Hall–Kier alpha value is -0.120. The van der Waals surface area contributed by atoms with Crippen molar-refractivity contribution in [1.82, 2.24) is 0 Å². The van der Waals surface area contributed by atoms with Crippen molar-refractivity contribution in [2.45, 2.75) is 58.0 Å². The second kappa shape index (κ2) is 9.13. The van der Waals surface area contributed by atoms with Crippen LogP contribution in [0.3, 0.4) is 0 Å². The lowest BCUT2D eigenvalue weighted by molar-refractivity contribution is -0.0646. The van der Waals surface area contributed by atoms with E-state index < -0.39 is 5.60 Å². The molecule has 92 valence electrons. The Bertz CT molecular complexity index is 129. The van der Waals surface area contributed by atoms with E-state index >= 15 is 0 Å². The van der Waals surface area contributed by atoms with Crippen molar-refractivity contribution in [2.24, 2.45) is 0 Å². The number of unbranched alkanes of at least 4 members (excludes halogenated alkanes) is 2. The van der Waals surface area contributed by atoms with Gasteiger partial charge in [0.2, 0.25) is 0 Å². The summed E-state index contributed by atoms with van der Waals surface area (Å²) in [7, 11) is 0. The third-order valence-corrected chi connectivity index (χ3v) is 2.60. The molecule has 3 heteroatoms. The summed E-state index contributed by atoms with van der Waals surface area (Å²) in [4.78, 5) is 0. The number of aliphatic hydroxyl groups excluding tert-OH is 1. The summed E-state index contributed by atoms with van der Waals surface area (Å²) in [5.74, 6) is 0. The van der Waals surface area contributed by atoms with Crippen molar-refractivity contribution in [2.75, 3.05) is 19.8 Å². The van der Waals surface area contributed by atoms with Crippen LogP contribution in [0.2, 0.25) is 0 Å². The molecule has 0 aromatic carbocycles. The SMILES string of the molecule is CCCCC(O)(CCCC)COCCO. The van der Waals surface area contributed by atoms with Gasteiger partial charge in [0.05, 0.1) is 25.4 Å². The molecule has 0 radical (unpaired) electrons. The Kier molecular flexibility index (Phi) is 9.06. The van der Waals surface area contributed by atoms with Crippen LogP contribution in [0.5, 0.6) is 0 Å². The molecule has 0 aromatic rings. The highest BCUT2D eigenvalue weighted by Crippen LogP contribution is 2.21. The smallest absolute Gasteiger partial charge is 0.0880 e. The molecule has 15 heavy (non-hydrogen) atoms. The predicted octanol–water partition coefficient (Wildman–Crippen LogP) is 2.11. The van der Waals surface area contributed by atoms with Gasteiger partial charge in [0.15, 0.2) is 0 Å². The molecular weight excluding hydrogens is 192 g/mol. The Labute approximate surface area is 93.5 Å². The Balaban J connectivity index is 3.89. The van der Waals surface area contributed by atoms with E-state index in [0.29, 0.717) is 13.2 Å². The fraction of sp³-hybridized carbons (Fsp3) is 1.00. The predicted molar refractivity (Wildman–Crippen MR) is 61.9 cm³/mol. The first-order chi connectivity index (χ1) is 7.18. The van der Waals surface area contributed by atoms with E-state index in [-0.39, 0.29) is 6.61 Å². The molecule has 3 nitrogen and oxygen atoms in total. The lowest BCUT2D eigenvalue weighted by atomic mass is 9.92.